The Kier molecular flexibility index (Phi) is 6.15. The number of hydrogen-bond acceptors (Lipinski definition) is 5. The summed E-state index contributed by atoms with van der Waals surface area (Å²) in [4.78, 5) is 28.7. The summed E-state index contributed by atoms with van der Waals surface area (Å²) < 4.78 is 0. The Labute approximate surface area is 194 Å². The van der Waals surface area contributed by atoms with Gasteiger partial charge in [-0.05, 0) is 23.5 Å². The summed E-state index contributed by atoms with van der Waals surface area (Å²) in [5.74, 6) is 1.32. The number of rotatable bonds is 5. The van der Waals surface area contributed by atoms with Crippen molar-refractivity contribution in [3.8, 4) is 11.1 Å². The third-order valence-corrected chi connectivity index (χ3v) is 5.91. The van der Waals surface area contributed by atoms with Crippen LogP contribution in [0.1, 0.15) is 56.2 Å². The molecule has 0 spiro atoms. The fourth-order valence-electron chi connectivity index (χ4n) is 3.93. The van der Waals surface area contributed by atoms with Gasteiger partial charge < -0.3 is 10.2 Å². The minimum atomic E-state index is -0.277. The van der Waals surface area contributed by atoms with Crippen LogP contribution in [0.2, 0.25) is 5.15 Å². The Morgan fingerprint density at radius 3 is 2.44 bits per heavy atom. The van der Waals surface area contributed by atoms with Crippen molar-refractivity contribution in [3.05, 3.63) is 65.3 Å². The monoisotopic (exact) mass is 449 g/mol. The van der Waals surface area contributed by atoms with Gasteiger partial charge in [-0.3, -0.25) is 4.79 Å². The molecule has 0 saturated carbocycles. The highest BCUT2D eigenvalue weighted by molar-refractivity contribution is 6.30. The van der Waals surface area contributed by atoms with E-state index < -0.39 is 0 Å². The predicted octanol–water partition coefficient (Wildman–Crippen LogP) is 5.80. The molecule has 6 nitrogen and oxygen atoms in total. The predicted molar refractivity (Wildman–Crippen MR) is 129 cm³/mol. The Morgan fingerprint density at radius 2 is 1.84 bits per heavy atom. The molecule has 1 N–H and O–H groups in total. The number of carbonyl (C=O) groups is 1. The van der Waals surface area contributed by atoms with E-state index in [1.165, 1.54) is 0 Å². The van der Waals surface area contributed by atoms with Gasteiger partial charge in [-0.25, -0.2) is 15.0 Å². The van der Waals surface area contributed by atoms with Crippen LogP contribution in [0, 0.1) is 5.41 Å². The Bertz CT molecular complexity index is 1110. The minimum absolute atomic E-state index is 0.165. The molecule has 1 amide bonds. The van der Waals surface area contributed by atoms with Gasteiger partial charge in [0.15, 0.2) is 5.82 Å². The van der Waals surface area contributed by atoms with Crippen LogP contribution in [0.15, 0.2) is 48.8 Å². The van der Waals surface area contributed by atoms with E-state index in [2.05, 4.69) is 39.0 Å². The lowest BCUT2D eigenvalue weighted by molar-refractivity contribution is 0.102. The third-order valence-electron chi connectivity index (χ3n) is 5.72. The highest BCUT2D eigenvalue weighted by Crippen LogP contribution is 2.41. The summed E-state index contributed by atoms with van der Waals surface area (Å²) in [5.41, 5.74) is 3.00. The fourth-order valence-corrected chi connectivity index (χ4v) is 4.12. The molecule has 1 aliphatic heterocycles. The van der Waals surface area contributed by atoms with Crippen LogP contribution >= 0.6 is 11.6 Å². The van der Waals surface area contributed by atoms with Crippen molar-refractivity contribution in [1.82, 2.24) is 15.0 Å². The first-order valence-corrected chi connectivity index (χ1v) is 11.3. The van der Waals surface area contributed by atoms with E-state index in [-0.39, 0.29) is 17.2 Å². The van der Waals surface area contributed by atoms with E-state index in [1.54, 1.807) is 18.5 Å². The van der Waals surface area contributed by atoms with Gasteiger partial charge in [-0.15, -0.1) is 0 Å². The van der Waals surface area contributed by atoms with E-state index in [9.17, 15) is 4.79 Å². The van der Waals surface area contributed by atoms with Gasteiger partial charge >= 0.3 is 0 Å². The Hall–Kier alpha value is -2.99. The number of carbonyl (C=O) groups excluding carboxylic acids is 1. The smallest absolute Gasteiger partial charge is 0.258 e. The summed E-state index contributed by atoms with van der Waals surface area (Å²) in [6, 6.07) is 11.7. The number of aromatic nitrogens is 3. The van der Waals surface area contributed by atoms with Crippen LogP contribution in [0.5, 0.6) is 0 Å². The van der Waals surface area contributed by atoms with Crippen molar-refractivity contribution in [2.45, 2.75) is 40.0 Å². The fraction of sp³-hybridized carbons (Fsp3) is 0.360. The summed E-state index contributed by atoms with van der Waals surface area (Å²) in [6.45, 7) is 10.2. The first kappa shape index (κ1) is 22.2. The maximum absolute atomic E-state index is 13.2. The number of nitrogens with zero attached hydrogens (tertiary/aromatic N) is 4. The molecular weight excluding hydrogens is 422 g/mol. The van der Waals surface area contributed by atoms with E-state index in [0.717, 1.165) is 30.6 Å². The number of anilines is 2. The zero-order chi connectivity index (χ0) is 22.9. The number of halogens is 1. The molecule has 4 rings (SSSR count). The normalized spacial score (nSPS) is 15.2. The van der Waals surface area contributed by atoms with Gasteiger partial charge in [-0.1, -0.05) is 69.6 Å². The zero-order valence-corrected chi connectivity index (χ0v) is 19.6. The van der Waals surface area contributed by atoms with Gasteiger partial charge in [-0.2, -0.15) is 0 Å². The van der Waals surface area contributed by atoms with E-state index in [1.807, 2.05) is 44.2 Å². The van der Waals surface area contributed by atoms with Crippen molar-refractivity contribution < 1.29 is 4.79 Å². The standard InChI is InChI=1S/C25H28ClN5O/c1-16(2)22-27-13-18(14-28-22)24(32)30-21-19(17-8-6-5-7-9-17)12-20(26)29-23(21)31-11-10-25(3,4)15-31/h5-9,12-14,16H,10-11,15H2,1-4H3,(H,30,32). The highest BCUT2D eigenvalue weighted by atomic mass is 35.5. The summed E-state index contributed by atoms with van der Waals surface area (Å²) in [5, 5.41) is 3.49. The van der Waals surface area contributed by atoms with Crippen molar-refractivity contribution in [1.29, 1.82) is 0 Å². The van der Waals surface area contributed by atoms with Crippen molar-refractivity contribution in [2.24, 2.45) is 5.41 Å². The van der Waals surface area contributed by atoms with Crippen molar-refractivity contribution >= 4 is 29.0 Å². The maximum Gasteiger partial charge on any atom is 0.258 e. The van der Waals surface area contributed by atoms with Gasteiger partial charge in [0.1, 0.15) is 11.0 Å². The molecule has 32 heavy (non-hydrogen) atoms. The average molecular weight is 450 g/mol. The lowest BCUT2D eigenvalue weighted by atomic mass is 9.93. The van der Waals surface area contributed by atoms with Gasteiger partial charge in [0.25, 0.3) is 5.91 Å². The van der Waals surface area contributed by atoms with Crippen LogP contribution in [-0.2, 0) is 0 Å². The molecule has 1 fully saturated rings. The van der Waals surface area contributed by atoms with E-state index in [0.29, 0.717) is 28.0 Å². The summed E-state index contributed by atoms with van der Waals surface area (Å²) in [6.07, 6.45) is 4.18. The summed E-state index contributed by atoms with van der Waals surface area (Å²) in [7, 11) is 0. The van der Waals surface area contributed by atoms with Crippen LogP contribution in [-0.4, -0.2) is 33.9 Å². The number of benzene rings is 1. The second kappa shape index (κ2) is 8.87. The van der Waals surface area contributed by atoms with Crippen molar-refractivity contribution in [3.63, 3.8) is 0 Å². The molecule has 1 aromatic carbocycles. The van der Waals surface area contributed by atoms with E-state index >= 15 is 0 Å². The minimum Gasteiger partial charge on any atom is -0.354 e. The average Bonchev–Trinajstić information content (AvgIpc) is 3.14. The van der Waals surface area contributed by atoms with Crippen LogP contribution in [0.25, 0.3) is 11.1 Å². The highest BCUT2D eigenvalue weighted by Gasteiger charge is 2.32. The number of pyridine rings is 1. The molecule has 2 aromatic heterocycles. The van der Waals surface area contributed by atoms with E-state index in [4.69, 9.17) is 11.6 Å². The number of hydrogen-bond donors (Lipinski definition) is 1. The Morgan fingerprint density at radius 1 is 1.16 bits per heavy atom. The van der Waals surface area contributed by atoms with Crippen molar-refractivity contribution in [2.75, 3.05) is 23.3 Å². The zero-order valence-electron chi connectivity index (χ0n) is 18.9. The van der Waals surface area contributed by atoms with Crippen LogP contribution in [0.4, 0.5) is 11.5 Å². The van der Waals surface area contributed by atoms with Gasteiger partial charge in [0.2, 0.25) is 0 Å². The quantitative estimate of drug-likeness (QED) is 0.498. The molecule has 0 aliphatic carbocycles. The maximum atomic E-state index is 13.2. The third kappa shape index (κ3) is 4.75. The SMILES string of the molecule is CC(C)c1ncc(C(=O)Nc2c(-c3ccccc3)cc(Cl)nc2N2CCC(C)(C)C2)cn1. The topological polar surface area (TPSA) is 71.0 Å². The number of amides is 1. The Balaban J connectivity index is 1.77. The molecule has 3 heterocycles. The van der Waals surface area contributed by atoms with Gasteiger partial charge in [0.05, 0.1) is 11.3 Å². The molecule has 1 saturated heterocycles. The molecule has 1 aliphatic rings. The molecule has 0 atom stereocenters. The molecule has 166 valence electrons. The first-order chi connectivity index (χ1) is 15.2. The molecular formula is C25H28ClN5O. The molecule has 0 bridgehead atoms. The number of nitrogens with one attached hydrogen (secondary N) is 1. The molecule has 0 unspecified atom stereocenters. The largest absolute Gasteiger partial charge is 0.354 e. The summed E-state index contributed by atoms with van der Waals surface area (Å²) >= 11 is 6.45. The molecule has 7 heteroatoms. The molecule has 3 aromatic rings. The second-order valence-electron chi connectivity index (χ2n) is 9.33. The second-order valence-corrected chi connectivity index (χ2v) is 9.72. The van der Waals surface area contributed by atoms with Crippen LogP contribution in [0.3, 0.4) is 0 Å². The lowest BCUT2D eigenvalue weighted by Gasteiger charge is -2.25. The first-order valence-electron chi connectivity index (χ1n) is 10.9. The van der Waals surface area contributed by atoms with Gasteiger partial charge in [0, 0.05) is 37.0 Å². The molecule has 0 radical (unpaired) electrons. The lowest BCUT2D eigenvalue weighted by Crippen LogP contribution is -2.26. The van der Waals surface area contributed by atoms with Crippen LogP contribution < -0.4 is 10.2 Å².